The van der Waals surface area contributed by atoms with Crippen molar-refractivity contribution in [3.8, 4) is 10.8 Å². The molecule has 0 bridgehead atoms. The molecule has 1 aliphatic heterocycles. The van der Waals surface area contributed by atoms with E-state index in [9.17, 15) is 4.79 Å². The molecule has 3 heterocycles. The minimum absolute atomic E-state index is 0.149. The molecule has 0 atom stereocenters. The Morgan fingerprint density at radius 3 is 2.87 bits per heavy atom. The fourth-order valence-electron chi connectivity index (χ4n) is 2.78. The highest BCUT2D eigenvalue weighted by molar-refractivity contribution is 7.21. The largest absolute Gasteiger partial charge is 0.448 e. The molecule has 0 radical (unpaired) electrons. The number of thiazole rings is 1. The van der Waals surface area contributed by atoms with Crippen molar-refractivity contribution >= 4 is 27.5 Å². The minimum atomic E-state index is -0.149. The summed E-state index contributed by atoms with van der Waals surface area (Å²) in [4.78, 5) is 16.8. The molecule has 3 aromatic rings. The van der Waals surface area contributed by atoms with E-state index in [1.165, 1.54) is 0 Å². The molecular formula is C17H17N3O2S. The number of amides is 1. The van der Waals surface area contributed by atoms with Crippen LogP contribution in [0, 0.1) is 0 Å². The summed E-state index contributed by atoms with van der Waals surface area (Å²) in [5.74, 6) is 0.837. The molecule has 23 heavy (non-hydrogen) atoms. The van der Waals surface area contributed by atoms with Crippen LogP contribution in [0.2, 0.25) is 0 Å². The third kappa shape index (κ3) is 3.00. The first-order chi connectivity index (χ1) is 11.3. The lowest BCUT2D eigenvalue weighted by Gasteiger charge is -2.23. The number of carbonyl (C=O) groups excluding carboxylic acids is 1. The summed E-state index contributed by atoms with van der Waals surface area (Å²) < 4.78 is 6.83. The number of piperidine rings is 1. The van der Waals surface area contributed by atoms with Gasteiger partial charge >= 0.3 is 0 Å². The van der Waals surface area contributed by atoms with Crippen molar-refractivity contribution < 1.29 is 9.21 Å². The van der Waals surface area contributed by atoms with E-state index in [2.05, 4.69) is 15.6 Å². The van der Waals surface area contributed by atoms with Gasteiger partial charge in [-0.1, -0.05) is 12.1 Å². The predicted molar refractivity (Wildman–Crippen MR) is 90.7 cm³/mol. The Bertz CT molecular complexity index is 800. The van der Waals surface area contributed by atoms with Gasteiger partial charge in [0.1, 0.15) is 0 Å². The van der Waals surface area contributed by atoms with Crippen LogP contribution in [0.4, 0.5) is 0 Å². The van der Waals surface area contributed by atoms with Crippen molar-refractivity contribution in [1.82, 2.24) is 15.6 Å². The zero-order valence-corrected chi connectivity index (χ0v) is 13.4. The Hall–Kier alpha value is -2.18. The smallest absolute Gasteiger partial charge is 0.287 e. The fourth-order valence-corrected chi connectivity index (χ4v) is 3.70. The van der Waals surface area contributed by atoms with Crippen molar-refractivity contribution in [3.05, 3.63) is 42.2 Å². The molecule has 0 saturated carbocycles. The summed E-state index contributed by atoms with van der Waals surface area (Å²) in [6, 6.07) is 11.7. The Morgan fingerprint density at radius 2 is 2.04 bits per heavy atom. The van der Waals surface area contributed by atoms with Crippen LogP contribution in [0.5, 0.6) is 0 Å². The van der Waals surface area contributed by atoms with Crippen LogP contribution in [0.1, 0.15) is 23.4 Å². The van der Waals surface area contributed by atoms with E-state index >= 15 is 0 Å². The van der Waals surface area contributed by atoms with E-state index in [1.807, 2.05) is 30.3 Å². The van der Waals surface area contributed by atoms with Crippen LogP contribution in [-0.2, 0) is 0 Å². The Labute approximate surface area is 137 Å². The average Bonchev–Trinajstić information content (AvgIpc) is 3.22. The maximum atomic E-state index is 12.3. The van der Waals surface area contributed by atoms with Gasteiger partial charge in [0.2, 0.25) is 0 Å². The molecule has 1 fully saturated rings. The molecule has 2 aromatic heterocycles. The van der Waals surface area contributed by atoms with Crippen molar-refractivity contribution in [3.63, 3.8) is 0 Å². The summed E-state index contributed by atoms with van der Waals surface area (Å²) in [6.07, 6.45) is 1.91. The number of hydrogen-bond donors (Lipinski definition) is 2. The number of furan rings is 1. The van der Waals surface area contributed by atoms with Crippen molar-refractivity contribution in [2.24, 2.45) is 0 Å². The van der Waals surface area contributed by atoms with Gasteiger partial charge in [0.05, 0.1) is 10.2 Å². The molecule has 2 N–H and O–H groups in total. The van der Waals surface area contributed by atoms with Crippen LogP contribution in [0.15, 0.2) is 40.8 Å². The third-order valence-corrected chi connectivity index (χ3v) is 5.06. The van der Waals surface area contributed by atoms with E-state index < -0.39 is 0 Å². The van der Waals surface area contributed by atoms with Gasteiger partial charge in [-0.05, 0) is 50.2 Å². The van der Waals surface area contributed by atoms with Gasteiger partial charge < -0.3 is 15.1 Å². The number of aromatic nitrogens is 1. The van der Waals surface area contributed by atoms with E-state index in [4.69, 9.17) is 4.42 Å². The van der Waals surface area contributed by atoms with E-state index in [0.717, 1.165) is 41.2 Å². The molecular weight excluding hydrogens is 310 g/mol. The number of hydrogen-bond acceptors (Lipinski definition) is 5. The van der Waals surface area contributed by atoms with E-state index in [-0.39, 0.29) is 11.9 Å². The van der Waals surface area contributed by atoms with Crippen molar-refractivity contribution in [1.29, 1.82) is 0 Å². The number of nitrogens with zero attached hydrogens (tertiary/aromatic N) is 1. The summed E-state index contributed by atoms with van der Waals surface area (Å²) in [6.45, 7) is 1.89. The number of nitrogens with one attached hydrogen (secondary N) is 2. The SMILES string of the molecule is O=C(NC1CCNCC1)c1ccc(-c2nc3ccccc3s2)o1. The van der Waals surface area contributed by atoms with Crippen LogP contribution in [0.25, 0.3) is 21.0 Å². The molecule has 1 amide bonds. The predicted octanol–water partition coefficient (Wildman–Crippen LogP) is 3.04. The topological polar surface area (TPSA) is 67.2 Å². The Balaban J connectivity index is 1.52. The molecule has 0 aliphatic carbocycles. The first-order valence-electron chi connectivity index (χ1n) is 7.77. The van der Waals surface area contributed by atoms with Crippen molar-refractivity contribution in [2.45, 2.75) is 18.9 Å². The molecule has 1 saturated heterocycles. The highest BCUT2D eigenvalue weighted by atomic mass is 32.1. The highest BCUT2D eigenvalue weighted by Crippen LogP contribution is 2.31. The first kappa shape index (κ1) is 14.4. The molecule has 5 nitrogen and oxygen atoms in total. The van der Waals surface area contributed by atoms with Crippen LogP contribution in [0.3, 0.4) is 0 Å². The Kier molecular flexibility index (Phi) is 3.85. The lowest BCUT2D eigenvalue weighted by atomic mass is 10.1. The van der Waals surface area contributed by atoms with Gasteiger partial charge in [-0.15, -0.1) is 11.3 Å². The lowest BCUT2D eigenvalue weighted by Crippen LogP contribution is -2.42. The molecule has 118 valence electrons. The molecule has 0 spiro atoms. The normalized spacial score (nSPS) is 15.8. The summed E-state index contributed by atoms with van der Waals surface area (Å²) in [5.41, 5.74) is 0.949. The first-order valence-corrected chi connectivity index (χ1v) is 8.58. The van der Waals surface area contributed by atoms with Gasteiger partial charge in [0.15, 0.2) is 16.5 Å². The van der Waals surface area contributed by atoms with E-state index in [0.29, 0.717) is 11.5 Å². The summed E-state index contributed by atoms with van der Waals surface area (Å²) in [7, 11) is 0. The van der Waals surface area contributed by atoms with Gasteiger partial charge in [-0.3, -0.25) is 4.79 Å². The van der Waals surface area contributed by atoms with Crippen LogP contribution >= 0.6 is 11.3 Å². The molecule has 4 rings (SSSR count). The lowest BCUT2D eigenvalue weighted by molar-refractivity contribution is 0.0902. The number of fused-ring (bicyclic) bond motifs is 1. The number of carbonyl (C=O) groups is 1. The second kappa shape index (κ2) is 6.14. The molecule has 0 unspecified atom stereocenters. The van der Waals surface area contributed by atoms with E-state index in [1.54, 1.807) is 17.4 Å². The number of para-hydroxylation sites is 1. The Morgan fingerprint density at radius 1 is 1.22 bits per heavy atom. The van der Waals surface area contributed by atoms with Crippen LogP contribution in [-0.4, -0.2) is 30.0 Å². The standard InChI is InChI=1S/C17H17N3O2S/c21-16(19-11-7-9-18-10-8-11)13-5-6-14(22-13)17-20-12-3-1-2-4-15(12)23-17/h1-6,11,18H,7-10H2,(H,19,21). The second-order valence-corrected chi connectivity index (χ2v) is 6.68. The van der Waals surface area contributed by atoms with Gasteiger partial charge in [0.25, 0.3) is 5.91 Å². The highest BCUT2D eigenvalue weighted by Gasteiger charge is 2.19. The van der Waals surface area contributed by atoms with Gasteiger partial charge in [0, 0.05) is 6.04 Å². The quantitative estimate of drug-likeness (QED) is 0.776. The summed E-state index contributed by atoms with van der Waals surface area (Å²) in [5, 5.41) is 7.12. The van der Waals surface area contributed by atoms with Gasteiger partial charge in [-0.2, -0.15) is 0 Å². The fraction of sp³-hybridized carbons (Fsp3) is 0.294. The second-order valence-electron chi connectivity index (χ2n) is 5.65. The summed E-state index contributed by atoms with van der Waals surface area (Å²) >= 11 is 1.57. The third-order valence-electron chi connectivity index (χ3n) is 4.01. The monoisotopic (exact) mass is 327 g/mol. The molecule has 6 heteroatoms. The maximum Gasteiger partial charge on any atom is 0.287 e. The molecule has 1 aromatic carbocycles. The molecule has 1 aliphatic rings. The zero-order chi connectivity index (χ0) is 15.6. The van der Waals surface area contributed by atoms with Crippen LogP contribution < -0.4 is 10.6 Å². The number of benzene rings is 1. The minimum Gasteiger partial charge on any atom is -0.448 e. The average molecular weight is 327 g/mol. The number of rotatable bonds is 3. The van der Waals surface area contributed by atoms with Gasteiger partial charge in [-0.25, -0.2) is 4.98 Å². The zero-order valence-electron chi connectivity index (χ0n) is 12.5. The maximum absolute atomic E-state index is 12.3. The van der Waals surface area contributed by atoms with Crippen molar-refractivity contribution in [2.75, 3.05) is 13.1 Å².